The minimum Gasteiger partial charge on any atom is -0.491 e. The van der Waals surface area contributed by atoms with Gasteiger partial charge in [0.25, 0.3) is 0 Å². The Hall–Kier alpha value is -1.05. The van der Waals surface area contributed by atoms with Crippen LogP contribution in [0.3, 0.4) is 0 Å². The van der Waals surface area contributed by atoms with E-state index in [1.165, 1.54) is 12.1 Å². The second-order valence-electron chi connectivity index (χ2n) is 2.79. The first kappa shape index (κ1) is 9.04. The van der Waals surface area contributed by atoms with Gasteiger partial charge >= 0.3 is 0 Å². The van der Waals surface area contributed by atoms with Crippen LogP contribution in [0.1, 0.15) is 20.3 Å². The van der Waals surface area contributed by atoms with Crippen LogP contribution in [0.4, 0.5) is 4.39 Å². The third-order valence-corrected chi connectivity index (χ3v) is 1.71. The van der Waals surface area contributed by atoms with Gasteiger partial charge in [0.1, 0.15) is 11.6 Å². The number of ether oxygens (including phenoxy) is 1. The summed E-state index contributed by atoms with van der Waals surface area (Å²) in [6.45, 7) is 3.99. The molecule has 0 aliphatic carbocycles. The van der Waals surface area contributed by atoms with Gasteiger partial charge in [0, 0.05) is 6.07 Å². The summed E-state index contributed by atoms with van der Waals surface area (Å²) in [7, 11) is 0. The number of rotatable bonds is 3. The Bertz CT molecular complexity index is 247. The van der Waals surface area contributed by atoms with Gasteiger partial charge in [-0.15, -0.1) is 0 Å². The molecule has 0 amide bonds. The molecule has 1 unspecified atom stereocenters. The minimum absolute atomic E-state index is 0.145. The molecule has 0 aliphatic rings. The normalized spacial score (nSPS) is 12.6. The van der Waals surface area contributed by atoms with Crippen LogP contribution in [0.2, 0.25) is 0 Å². The monoisotopic (exact) mass is 168 g/mol. The van der Waals surface area contributed by atoms with Crippen LogP contribution in [-0.4, -0.2) is 6.10 Å². The third-order valence-electron chi connectivity index (χ3n) is 1.71. The molecular weight excluding hydrogens is 155 g/mol. The van der Waals surface area contributed by atoms with Gasteiger partial charge < -0.3 is 4.74 Å². The van der Waals surface area contributed by atoms with Crippen molar-refractivity contribution in [1.29, 1.82) is 0 Å². The van der Waals surface area contributed by atoms with Gasteiger partial charge in [-0.3, -0.25) is 0 Å². The maximum atomic E-state index is 12.6. The Labute approximate surface area is 72.2 Å². The summed E-state index contributed by atoms with van der Waals surface area (Å²) in [6.07, 6.45) is 1.07. The van der Waals surface area contributed by atoms with Gasteiger partial charge in [-0.25, -0.2) is 4.39 Å². The quantitative estimate of drug-likeness (QED) is 0.674. The summed E-state index contributed by atoms with van der Waals surface area (Å²) >= 11 is 0. The Morgan fingerprint density at radius 1 is 1.50 bits per heavy atom. The smallest absolute Gasteiger partial charge is 0.126 e. The first-order valence-corrected chi connectivity index (χ1v) is 4.14. The minimum atomic E-state index is -0.254. The van der Waals surface area contributed by atoms with Crippen LogP contribution >= 0.6 is 0 Å². The Morgan fingerprint density at radius 3 is 2.83 bits per heavy atom. The van der Waals surface area contributed by atoms with E-state index in [4.69, 9.17) is 4.74 Å². The molecule has 0 bridgehead atoms. The molecule has 0 aromatic heterocycles. The summed E-state index contributed by atoms with van der Waals surface area (Å²) in [5, 5.41) is 0. The standard InChI is InChI=1S/C10H13FO/c1-3-8(2)12-10-6-4-5-9(11)7-10/h4-8H,3H2,1-2H3. The molecule has 1 nitrogen and oxygen atoms in total. The van der Waals surface area contributed by atoms with E-state index < -0.39 is 0 Å². The van der Waals surface area contributed by atoms with E-state index in [2.05, 4.69) is 0 Å². The highest BCUT2D eigenvalue weighted by Gasteiger charge is 2.00. The second kappa shape index (κ2) is 4.10. The van der Waals surface area contributed by atoms with Crippen molar-refractivity contribution in [3.63, 3.8) is 0 Å². The maximum Gasteiger partial charge on any atom is 0.126 e. The van der Waals surface area contributed by atoms with Crippen molar-refractivity contribution in [3.05, 3.63) is 30.1 Å². The largest absolute Gasteiger partial charge is 0.491 e. The first-order valence-electron chi connectivity index (χ1n) is 4.14. The van der Waals surface area contributed by atoms with Crippen LogP contribution in [0.25, 0.3) is 0 Å². The maximum absolute atomic E-state index is 12.6. The molecule has 0 fully saturated rings. The van der Waals surface area contributed by atoms with Crippen LogP contribution in [-0.2, 0) is 0 Å². The fourth-order valence-corrected chi connectivity index (χ4v) is 0.856. The second-order valence-corrected chi connectivity index (χ2v) is 2.79. The van der Waals surface area contributed by atoms with E-state index >= 15 is 0 Å². The average Bonchev–Trinajstić information content (AvgIpc) is 2.04. The molecular formula is C10H13FO. The van der Waals surface area contributed by atoms with E-state index in [-0.39, 0.29) is 11.9 Å². The Kier molecular flexibility index (Phi) is 3.09. The molecule has 0 spiro atoms. The number of hydrogen-bond donors (Lipinski definition) is 0. The molecule has 2 heteroatoms. The topological polar surface area (TPSA) is 9.23 Å². The molecule has 0 saturated heterocycles. The van der Waals surface area contributed by atoms with E-state index in [0.29, 0.717) is 5.75 Å². The summed E-state index contributed by atoms with van der Waals surface area (Å²) in [5.74, 6) is 0.347. The van der Waals surface area contributed by atoms with E-state index in [1.807, 2.05) is 13.8 Å². The highest BCUT2D eigenvalue weighted by molar-refractivity contribution is 5.22. The van der Waals surface area contributed by atoms with Crippen LogP contribution in [0.15, 0.2) is 24.3 Å². The van der Waals surface area contributed by atoms with Crippen molar-refractivity contribution in [3.8, 4) is 5.75 Å². The molecule has 0 radical (unpaired) electrons. The molecule has 12 heavy (non-hydrogen) atoms. The van der Waals surface area contributed by atoms with Crippen molar-refractivity contribution < 1.29 is 9.13 Å². The molecule has 66 valence electrons. The van der Waals surface area contributed by atoms with Crippen LogP contribution < -0.4 is 4.74 Å². The number of halogens is 1. The van der Waals surface area contributed by atoms with Crippen LogP contribution in [0, 0.1) is 5.82 Å². The van der Waals surface area contributed by atoms with Crippen molar-refractivity contribution in [2.75, 3.05) is 0 Å². The highest BCUT2D eigenvalue weighted by atomic mass is 19.1. The molecule has 1 aromatic rings. The van der Waals surface area contributed by atoms with Crippen molar-refractivity contribution in [1.82, 2.24) is 0 Å². The SMILES string of the molecule is CCC(C)Oc1cccc(F)c1. The lowest BCUT2D eigenvalue weighted by molar-refractivity contribution is 0.216. The molecule has 0 saturated carbocycles. The molecule has 0 aliphatic heterocycles. The predicted molar refractivity (Wildman–Crippen MR) is 46.8 cm³/mol. The summed E-state index contributed by atoms with van der Waals surface area (Å²) in [6, 6.07) is 6.21. The van der Waals surface area contributed by atoms with Gasteiger partial charge in [0.15, 0.2) is 0 Å². The summed E-state index contributed by atoms with van der Waals surface area (Å²) in [4.78, 5) is 0. The van der Waals surface area contributed by atoms with E-state index in [0.717, 1.165) is 6.42 Å². The molecule has 0 heterocycles. The number of benzene rings is 1. The van der Waals surface area contributed by atoms with E-state index in [9.17, 15) is 4.39 Å². The fraction of sp³-hybridized carbons (Fsp3) is 0.400. The summed E-state index contributed by atoms with van der Waals surface area (Å²) in [5.41, 5.74) is 0. The predicted octanol–water partition coefficient (Wildman–Crippen LogP) is 3.00. The average molecular weight is 168 g/mol. The zero-order valence-corrected chi connectivity index (χ0v) is 7.38. The fourth-order valence-electron chi connectivity index (χ4n) is 0.856. The van der Waals surface area contributed by atoms with Crippen LogP contribution in [0.5, 0.6) is 5.75 Å². The van der Waals surface area contributed by atoms with E-state index in [1.54, 1.807) is 12.1 Å². The Balaban J connectivity index is 2.63. The van der Waals surface area contributed by atoms with Gasteiger partial charge in [-0.1, -0.05) is 13.0 Å². The van der Waals surface area contributed by atoms with Gasteiger partial charge in [-0.05, 0) is 25.5 Å². The Morgan fingerprint density at radius 2 is 2.25 bits per heavy atom. The summed E-state index contributed by atoms with van der Waals surface area (Å²) < 4.78 is 18.0. The highest BCUT2D eigenvalue weighted by Crippen LogP contribution is 2.14. The van der Waals surface area contributed by atoms with Gasteiger partial charge in [-0.2, -0.15) is 0 Å². The lowest BCUT2D eigenvalue weighted by Crippen LogP contribution is -2.09. The zero-order chi connectivity index (χ0) is 8.97. The van der Waals surface area contributed by atoms with Gasteiger partial charge in [0.2, 0.25) is 0 Å². The molecule has 1 rings (SSSR count). The van der Waals surface area contributed by atoms with Crippen molar-refractivity contribution in [2.45, 2.75) is 26.4 Å². The lowest BCUT2D eigenvalue weighted by Gasteiger charge is -2.11. The van der Waals surface area contributed by atoms with Gasteiger partial charge in [0.05, 0.1) is 6.10 Å². The third kappa shape index (κ3) is 2.53. The molecule has 1 atom stereocenters. The molecule has 0 N–H and O–H groups in total. The number of hydrogen-bond acceptors (Lipinski definition) is 1. The molecule has 1 aromatic carbocycles. The first-order chi connectivity index (χ1) is 5.72. The van der Waals surface area contributed by atoms with Crippen molar-refractivity contribution in [2.24, 2.45) is 0 Å². The van der Waals surface area contributed by atoms with Crippen molar-refractivity contribution >= 4 is 0 Å². The lowest BCUT2D eigenvalue weighted by atomic mass is 10.3. The zero-order valence-electron chi connectivity index (χ0n) is 7.38.